The van der Waals surface area contributed by atoms with Crippen LogP contribution < -0.4 is 5.32 Å². The number of nitrogens with one attached hydrogen (secondary N) is 1. The lowest BCUT2D eigenvalue weighted by molar-refractivity contribution is 0.962. The van der Waals surface area contributed by atoms with Crippen LogP contribution in [-0.4, -0.2) is 15.0 Å². The first-order chi connectivity index (χ1) is 26.8. The Kier molecular flexibility index (Phi) is 6.89. The van der Waals surface area contributed by atoms with Gasteiger partial charge in [-0.25, -0.2) is 4.99 Å². The van der Waals surface area contributed by atoms with Gasteiger partial charge in [0.05, 0.1) is 33.4 Å². The van der Waals surface area contributed by atoms with E-state index < -0.39 is 0 Å². The molecule has 1 aliphatic rings. The number of hydrogen-bond donors (Lipinski definition) is 1. The van der Waals surface area contributed by atoms with E-state index in [0.717, 1.165) is 33.8 Å². The number of fused-ring (bicyclic) bond motifs is 7. The molecule has 0 radical (unpaired) electrons. The van der Waals surface area contributed by atoms with Crippen molar-refractivity contribution < 1.29 is 0 Å². The highest BCUT2D eigenvalue weighted by Gasteiger charge is 2.28. The Morgan fingerprint density at radius 1 is 0.389 bits per heavy atom. The first kappa shape index (κ1) is 30.5. The van der Waals surface area contributed by atoms with Gasteiger partial charge in [-0.1, -0.05) is 133 Å². The maximum atomic E-state index is 5.41. The van der Waals surface area contributed by atoms with Crippen molar-refractivity contribution in [1.82, 2.24) is 9.13 Å². The first-order valence-electron chi connectivity index (χ1n) is 18.5. The molecule has 0 saturated heterocycles. The average Bonchev–Trinajstić information content (AvgIpc) is 3.76. The Morgan fingerprint density at radius 2 is 0.889 bits per heavy atom. The molecule has 0 spiro atoms. The smallest absolute Gasteiger partial charge is 0.141 e. The largest absolute Gasteiger partial charge is 0.370 e. The molecule has 1 atom stereocenters. The zero-order valence-electron chi connectivity index (χ0n) is 29.4. The molecule has 0 bridgehead atoms. The van der Waals surface area contributed by atoms with Crippen molar-refractivity contribution >= 4 is 60.8 Å². The zero-order chi connectivity index (χ0) is 35.6. The van der Waals surface area contributed by atoms with Crippen LogP contribution in [0.5, 0.6) is 0 Å². The van der Waals surface area contributed by atoms with Crippen LogP contribution in [0.15, 0.2) is 199 Å². The number of benzene rings is 8. The molecular weight excluding hydrogens is 657 g/mol. The van der Waals surface area contributed by atoms with Gasteiger partial charge in [-0.2, -0.15) is 0 Å². The summed E-state index contributed by atoms with van der Waals surface area (Å²) in [5, 5.41) is 8.78. The van der Waals surface area contributed by atoms with E-state index in [4.69, 9.17) is 4.99 Å². The minimum absolute atomic E-state index is 0.159. The SMILES string of the molecule is c1ccc(-c2ccc(C3Nc4ccccc4N=C3n3c4ccccc4c4cc(-c5ccc6c(c5)c5ccccc5n6-c5ccccc5)ccc43)cc2)cc1. The van der Waals surface area contributed by atoms with Gasteiger partial charge in [-0.05, 0) is 88.5 Å². The van der Waals surface area contributed by atoms with Gasteiger partial charge in [0.15, 0.2) is 0 Å². The van der Waals surface area contributed by atoms with Gasteiger partial charge in [0.1, 0.15) is 11.9 Å². The minimum Gasteiger partial charge on any atom is -0.370 e. The summed E-state index contributed by atoms with van der Waals surface area (Å²) in [5.74, 6) is 0.954. The van der Waals surface area contributed by atoms with Crippen LogP contribution in [0.4, 0.5) is 11.4 Å². The van der Waals surface area contributed by atoms with E-state index in [2.05, 4.69) is 209 Å². The number of hydrogen-bond acceptors (Lipinski definition) is 2. The molecule has 2 aromatic heterocycles. The van der Waals surface area contributed by atoms with Gasteiger partial charge in [0.25, 0.3) is 0 Å². The molecule has 0 saturated carbocycles. The molecular formula is C50H34N4. The van der Waals surface area contributed by atoms with Crippen molar-refractivity contribution in [2.24, 2.45) is 4.99 Å². The summed E-state index contributed by atoms with van der Waals surface area (Å²) < 4.78 is 4.73. The second kappa shape index (κ2) is 12.2. The number of anilines is 1. The summed E-state index contributed by atoms with van der Waals surface area (Å²) in [6, 6.07) is 69.5. The highest BCUT2D eigenvalue weighted by atomic mass is 15.2. The van der Waals surface area contributed by atoms with Crippen molar-refractivity contribution in [2.45, 2.75) is 6.04 Å². The molecule has 3 heterocycles. The lowest BCUT2D eigenvalue weighted by atomic mass is 9.98. The summed E-state index contributed by atoms with van der Waals surface area (Å²) in [7, 11) is 0. The second-order valence-electron chi connectivity index (χ2n) is 14.1. The fourth-order valence-electron chi connectivity index (χ4n) is 8.42. The molecule has 1 N–H and O–H groups in total. The third-order valence-electron chi connectivity index (χ3n) is 11.0. The molecule has 1 unspecified atom stereocenters. The Labute approximate surface area is 312 Å². The Hall–Kier alpha value is -7.17. The molecule has 54 heavy (non-hydrogen) atoms. The van der Waals surface area contributed by atoms with E-state index in [1.165, 1.54) is 60.5 Å². The number of aliphatic imine (C=N–C) groups is 1. The predicted octanol–water partition coefficient (Wildman–Crippen LogP) is 13.0. The predicted molar refractivity (Wildman–Crippen MR) is 226 cm³/mol. The molecule has 1 aliphatic heterocycles. The fraction of sp³-hybridized carbons (Fsp3) is 0.0200. The number of nitrogens with zero attached hydrogens (tertiary/aromatic N) is 3. The minimum atomic E-state index is -0.159. The van der Waals surface area contributed by atoms with E-state index in [1.54, 1.807) is 0 Å². The summed E-state index contributed by atoms with van der Waals surface area (Å²) >= 11 is 0. The zero-order valence-corrected chi connectivity index (χ0v) is 29.4. The van der Waals surface area contributed by atoms with Gasteiger partial charge >= 0.3 is 0 Å². The van der Waals surface area contributed by atoms with E-state index in [1.807, 2.05) is 0 Å². The molecule has 4 nitrogen and oxygen atoms in total. The quantitative estimate of drug-likeness (QED) is 0.196. The molecule has 10 aromatic rings. The fourth-order valence-corrected chi connectivity index (χ4v) is 8.42. The summed E-state index contributed by atoms with van der Waals surface area (Å²) in [6.07, 6.45) is 0. The van der Waals surface area contributed by atoms with Crippen molar-refractivity contribution in [3.63, 3.8) is 0 Å². The van der Waals surface area contributed by atoms with E-state index in [-0.39, 0.29) is 6.04 Å². The van der Waals surface area contributed by atoms with Gasteiger partial charge in [0, 0.05) is 27.2 Å². The third kappa shape index (κ3) is 4.81. The van der Waals surface area contributed by atoms with Crippen LogP contribution in [0.25, 0.3) is 71.6 Å². The number of aromatic nitrogens is 2. The summed E-state index contributed by atoms with van der Waals surface area (Å²) in [6.45, 7) is 0. The standard InChI is InChI=1S/C50H34N4/c1-3-13-33(14-4-1)34-23-25-35(26-24-34)49-50(52-44-20-10-9-19-43(44)51-49)54-46-22-12-8-18-40(46)42-32-37(28-30-48(42)54)36-27-29-47-41(31-36)39-17-7-11-21-45(39)53(47)38-15-5-2-6-16-38/h1-32,49,51H. The van der Waals surface area contributed by atoms with Crippen LogP contribution >= 0.6 is 0 Å². The monoisotopic (exact) mass is 690 g/mol. The topological polar surface area (TPSA) is 34.2 Å². The van der Waals surface area contributed by atoms with Gasteiger partial charge in [-0.15, -0.1) is 0 Å². The van der Waals surface area contributed by atoms with E-state index in [9.17, 15) is 0 Å². The van der Waals surface area contributed by atoms with Crippen molar-refractivity contribution in [2.75, 3.05) is 5.32 Å². The molecule has 8 aromatic carbocycles. The van der Waals surface area contributed by atoms with Crippen molar-refractivity contribution in [3.05, 3.63) is 200 Å². The Morgan fingerprint density at radius 3 is 1.57 bits per heavy atom. The van der Waals surface area contributed by atoms with Crippen LogP contribution in [0.2, 0.25) is 0 Å². The van der Waals surface area contributed by atoms with Gasteiger partial charge in [-0.3, -0.25) is 4.57 Å². The van der Waals surface area contributed by atoms with E-state index >= 15 is 0 Å². The molecule has 11 rings (SSSR count). The average molecular weight is 691 g/mol. The maximum Gasteiger partial charge on any atom is 0.141 e. The van der Waals surface area contributed by atoms with Gasteiger partial charge < -0.3 is 9.88 Å². The molecule has 0 aliphatic carbocycles. The number of para-hydroxylation sites is 5. The Bertz CT molecular complexity index is 3060. The van der Waals surface area contributed by atoms with Crippen LogP contribution in [0.3, 0.4) is 0 Å². The van der Waals surface area contributed by atoms with Crippen molar-refractivity contribution in [1.29, 1.82) is 0 Å². The maximum absolute atomic E-state index is 5.41. The molecule has 254 valence electrons. The van der Waals surface area contributed by atoms with Crippen molar-refractivity contribution in [3.8, 4) is 27.9 Å². The molecule has 0 amide bonds. The van der Waals surface area contributed by atoms with E-state index in [0.29, 0.717) is 0 Å². The third-order valence-corrected chi connectivity index (χ3v) is 11.0. The van der Waals surface area contributed by atoms with Crippen LogP contribution in [0, 0.1) is 0 Å². The lowest BCUT2D eigenvalue weighted by Gasteiger charge is -2.29. The first-order valence-corrected chi connectivity index (χ1v) is 18.5. The normalized spacial score (nSPS) is 14.0. The summed E-state index contributed by atoms with van der Waals surface area (Å²) in [5.41, 5.74) is 13.8. The molecule has 0 fully saturated rings. The Balaban J connectivity index is 1.07. The second-order valence-corrected chi connectivity index (χ2v) is 14.1. The molecule has 4 heteroatoms. The van der Waals surface area contributed by atoms with Crippen LogP contribution in [-0.2, 0) is 0 Å². The summed E-state index contributed by atoms with van der Waals surface area (Å²) in [4.78, 5) is 5.41. The highest BCUT2D eigenvalue weighted by molar-refractivity contribution is 6.17. The highest BCUT2D eigenvalue weighted by Crippen LogP contribution is 2.41. The number of rotatable bonds is 4. The van der Waals surface area contributed by atoms with Gasteiger partial charge in [0.2, 0.25) is 0 Å². The van der Waals surface area contributed by atoms with Crippen LogP contribution in [0.1, 0.15) is 11.6 Å². The lowest BCUT2D eigenvalue weighted by Crippen LogP contribution is -2.29.